The highest BCUT2D eigenvalue weighted by Gasteiger charge is 2.15. The van der Waals surface area contributed by atoms with Crippen LogP contribution in [0.4, 0.5) is 0 Å². The first kappa shape index (κ1) is 14.8. The van der Waals surface area contributed by atoms with Gasteiger partial charge in [-0.05, 0) is 27.7 Å². The van der Waals surface area contributed by atoms with Crippen molar-refractivity contribution in [2.24, 2.45) is 5.73 Å². The Morgan fingerprint density at radius 1 is 1.00 bits per heavy atom. The molecular weight excluding hydrogens is 246 g/mol. The molecule has 0 fully saturated rings. The van der Waals surface area contributed by atoms with E-state index in [-0.39, 0.29) is 5.41 Å². The van der Waals surface area contributed by atoms with E-state index in [2.05, 4.69) is 32.9 Å². The predicted molar refractivity (Wildman–Crippen MR) is 83.5 cm³/mol. The van der Waals surface area contributed by atoms with Crippen molar-refractivity contribution in [1.82, 2.24) is 0 Å². The summed E-state index contributed by atoms with van der Waals surface area (Å²) in [5, 5.41) is 10.5. The lowest BCUT2D eigenvalue weighted by Gasteiger charge is -2.20. The summed E-state index contributed by atoms with van der Waals surface area (Å²) >= 11 is 0. The van der Waals surface area contributed by atoms with E-state index in [4.69, 9.17) is 5.73 Å². The summed E-state index contributed by atoms with van der Waals surface area (Å²) in [6.45, 7) is 7.04. The van der Waals surface area contributed by atoms with Gasteiger partial charge in [0.1, 0.15) is 6.10 Å². The molecule has 0 aromatic heterocycles. The van der Waals surface area contributed by atoms with Gasteiger partial charge in [-0.2, -0.15) is 0 Å². The third-order valence-corrected chi connectivity index (χ3v) is 3.59. The highest BCUT2D eigenvalue weighted by atomic mass is 16.3. The van der Waals surface area contributed by atoms with Crippen LogP contribution in [0.15, 0.2) is 48.5 Å². The molecule has 0 saturated heterocycles. The van der Waals surface area contributed by atoms with E-state index in [9.17, 15) is 5.11 Å². The van der Waals surface area contributed by atoms with Crippen LogP contribution in [-0.4, -0.2) is 5.11 Å². The van der Waals surface area contributed by atoms with Crippen LogP contribution in [0, 0.1) is 0 Å². The fourth-order valence-corrected chi connectivity index (χ4v) is 2.25. The van der Waals surface area contributed by atoms with Crippen molar-refractivity contribution in [1.29, 1.82) is 0 Å². The van der Waals surface area contributed by atoms with Gasteiger partial charge < -0.3 is 10.8 Å². The monoisotopic (exact) mass is 269 g/mol. The molecule has 0 amide bonds. The zero-order valence-electron chi connectivity index (χ0n) is 12.4. The molecule has 2 nitrogen and oxygen atoms in total. The maximum atomic E-state index is 10.5. The minimum Gasteiger partial charge on any atom is -0.384 e. The van der Waals surface area contributed by atoms with Crippen LogP contribution in [0.5, 0.6) is 0 Å². The fourth-order valence-electron chi connectivity index (χ4n) is 2.25. The molecule has 0 aliphatic heterocycles. The third kappa shape index (κ3) is 3.27. The average Bonchev–Trinajstić information content (AvgIpc) is 2.46. The second-order valence-corrected chi connectivity index (χ2v) is 6.22. The van der Waals surface area contributed by atoms with Gasteiger partial charge in [-0.1, -0.05) is 69.3 Å². The molecule has 2 rings (SSSR count). The highest BCUT2D eigenvalue weighted by Crippen LogP contribution is 2.27. The molecule has 2 heteroatoms. The normalized spacial score (nSPS) is 13.2. The maximum absolute atomic E-state index is 10.5. The number of nitrogens with two attached hydrogens (primary N) is 1. The number of benzene rings is 2. The van der Waals surface area contributed by atoms with Crippen LogP contribution < -0.4 is 5.73 Å². The number of rotatable bonds is 3. The van der Waals surface area contributed by atoms with Crippen molar-refractivity contribution in [2.75, 3.05) is 0 Å². The van der Waals surface area contributed by atoms with Crippen LogP contribution in [-0.2, 0) is 12.0 Å². The molecular formula is C18H23NO. The van der Waals surface area contributed by atoms with E-state index in [0.717, 1.165) is 16.7 Å². The molecule has 2 aromatic carbocycles. The topological polar surface area (TPSA) is 46.2 Å². The summed E-state index contributed by atoms with van der Waals surface area (Å²) in [5.74, 6) is 0. The summed E-state index contributed by atoms with van der Waals surface area (Å²) in [4.78, 5) is 0. The summed E-state index contributed by atoms with van der Waals surface area (Å²) in [6, 6.07) is 16.0. The predicted octanol–water partition coefficient (Wildman–Crippen LogP) is 3.52. The van der Waals surface area contributed by atoms with Crippen molar-refractivity contribution in [3.05, 3.63) is 70.8 Å². The number of aliphatic hydroxyl groups excluding tert-OH is 1. The largest absolute Gasteiger partial charge is 0.384 e. The number of hydrogen-bond donors (Lipinski definition) is 2. The van der Waals surface area contributed by atoms with Crippen molar-refractivity contribution in [2.45, 2.75) is 38.8 Å². The number of aliphatic hydroxyl groups is 1. The highest BCUT2D eigenvalue weighted by molar-refractivity contribution is 5.35. The Hall–Kier alpha value is -1.64. The van der Waals surface area contributed by atoms with Gasteiger partial charge in [0.25, 0.3) is 0 Å². The standard InChI is InChI=1S/C18H23NO/c1-18(2,3)16-9-7-14(8-10-16)17(20)15-6-4-5-13(11-15)12-19/h4-11,17,20H,12,19H2,1-3H3. The van der Waals surface area contributed by atoms with E-state index < -0.39 is 6.10 Å². The zero-order chi connectivity index (χ0) is 14.8. The molecule has 0 bridgehead atoms. The SMILES string of the molecule is CC(C)(C)c1ccc(C(O)c2cccc(CN)c2)cc1. The van der Waals surface area contributed by atoms with Crippen molar-refractivity contribution in [3.8, 4) is 0 Å². The smallest absolute Gasteiger partial charge is 0.104 e. The first-order chi connectivity index (χ1) is 9.41. The van der Waals surface area contributed by atoms with Crippen LogP contribution in [0.25, 0.3) is 0 Å². The maximum Gasteiger partial charge on any atom is 0.104 e. The van der Waals surface area contributed by atoms with Gasteiger partial charge in [-0.15, -0.1) is 0 Å². The van der Waals surface area contributed by atoms with Crippen molar-refractivity contribution < 1.29 is 5.11 Å². The lowest BCUT2D eigenvalue weighted by molar-refractivity contribution is 0.220. The van der Waals surface area contributed by atoms with Gasteiger partial charge >= 0.3 is 0 Å². The Balaban J connectivity index is 2.26. The van der Waals surface area contributed by atoms with Crippen LogP contribution in [0.3, 0.4) is 0 Å². The van der Waals surface area contributed by atoms with E-state index >= 15 is 0 Å². The molecule has 1 atom stereocenters. The van der Waals surface area contributed by atoms with Crippen molar-refractivity contribution >= 4 is 0 Å². The second kappa shape index (κ2) is 5.78. The number of hydrogen-bond acceptors (Lipinski definition) is 2. The molecule has 0 heterocycles. The molecule has 1 unspecified atom stereocenters. The quantitative estimate of drug-likeness (QED) is 0.895. The molecule has 20 heavy (non-hydrogen) atoms. The Kier molecular flexibility index (Phi) is 4.26. The Morgan fingerprint density at radius 3 is 2.20 bits per heavy atom. The first-order valence-corrected chi connectivity index (χ1v) is 6.99. The minimum absolute atomic E-state index is 0.128. The van der Waals surface area contributed by atoms with Crippen molar-refractivity contribution in [3.63, 3.8) is 0 Å². The second-order valence-electron chi connectivity index (χ2n) is 6.22. The van der Waals surface area contributed by atoms with E-state index in [0.29, 0.717) is 6.54 Å². The van der Waals surface area contributed by atoms with Gasteiger partial charge in [0.05, 0.1) is 0 Å². The van der Waals surface area contributed by atoms with Crippen LogP contribution in [0.1, 0.15) is 49.1 Å². The fraction of sp³-hybridized carbons (Fsp3) is 0.333. The van der Waals surface area contributed by atoms with Gasteiger partial charge in [-0.3, -0.25) is 0 Å². The lowest BCUT2D eigenvalue weighted by atomic mass is 9.86. The van der Waals surface area contributed by atoms with Crippen LogP contribution >= 0.6 is 0 Å². The zero-order valence-corrected chi connectivity index (χ0v) is 12.4. The molecule has 0 spiro atoms. The molecule has 2 aromatic rings. The van der Waals surface area contributed by atoms with Gasteiger partial charge in [0.15, 0.2) is 0 Å². The average molecular weight is 269 g/mol. The minimum atomic E-state index is -0.601. The Labute approximate surface area is 121 Å². The lowest BCUT2D eigenvalue weighted by Crippen LogP contribution is -2.11. The summed E-state index contributed by atoms with van der Waals surface area (Å²) in [7, 11) is 0. The van der Waals surface area contributed by atoms with E-state index in [1.54, 1.807) is 0 Å². The summed E-state index contributed by atoms with van der Waals surface area (Å²) < 4.78 is 0. The molecule has 0 saturated carbocycles. The molecule has 106 valence electrons. The molecule has 3 N–H and O–H groups in total. The first-order valence-electron chi connectivity index (χ1n) is 6.99. The molecule has 0 aliphatic rings. The Bertz CT molecular complexity index is 567. The molecule has 0 radical (unpaired) electrons. The van der Waals surface area contributed by atoms with E-state index in [1.807, 2.05) is 36.4 Å². The summed E-state index contributed by atoms with van der Waals surface area (Å²) in [6.07, 6.45) is -0.601. The summed E-state index contributed by atoms with van der Waals surface area (Å²) in [5.41, 5.74) is 9.87. The molecule has 0 aliphatic carbocycles. The van der Waals surface area contributed by atoms with Crippen LogP contribution in [0.2, 0.25) is 0 Å². The van der Waals surface area contributed by atoms with Gasteiger partial charge in [0.2, 0.25) is 0 Å². The van der Waals surface area contributed by atoms with E-state index in [1.165, 1.54) is 5.56 Å². The van der Waals surface area contributed by atoms with Gasteiger partial charge in [-0.25, -0.2) is 0 Å². The van der Waals surface area contributed by atoms with Gasteiger partial charge in [0, 0.05) is 6.54 Å². The third-order valence-electron chi connectivity index (χ3n) is 3.59. The Morgan fingerprint density at radius 2 is 1.65 bits per heavy atom.